The Morgan fingerprint density at radius 1 is 1.11 bits per heavy atom. The zero-order chi connectivity index (χ0) is 19.2. The summed E-state index contributed by atoms with van der Waals surface area (Å²) in [4.78, 5) is 50.2. The van der Waals surface area contributed by atoms with E-state index in [1.165, 1.54) is 13.1 Å². The van der Waals surface area contributed by atoms with Gasteiger partial charge in [-0.25, -0.2) is 4.98 Å². The molecule has 0 radical (unpaired) electrons. The number of amides is 2. The zero-order valence-electron chi connectivity index (χ0n) is 15.3. The number of aliphatic carboxylic acids is 1. The Kier molecular flexibility index (Phi) is 4.24. The Morgan fingerprint density at radius 2 is 1.85 bits per heavy atom. The summed E-state index contributed by atoms with van der Waals surface area (Å²) in [5.41, 5.74) is -0.705. The number of hydrogen-bond acceptors (Lipinski definition) is 6. The average Bonchev–Trinajstić information content (AvgIpc) is 3.35. The maximum atomic E-state index is 12.6. The van der Waals surface area contributed by atoms with Gasteiger partial charge in [0.05, 0.1) is 12.4 Å². The molecule has 9 nitrogen and oxygen atoms in total. The lowest BCUT2D eigenvalue weighted by atomic mass is 9.81. The van der Waals surface area contributed by atoms with Gasteiger partial charge in [-0.05, 0) is 12.8 Å². The lowest BCUT2D eigenvalue weighted by Crippen LogP contribution is -2.41. The van der Waals surface area contributed by atoms with Crippen molar-refractivity contribution < 1.29 is 19.5 Å². The van der Waals surface area contributed by atoms with Crippen LogP contribution in [0.25, 0.3) is 0 Å². The topological polar surface area (TPSA) is 107 Å². The van der Waals surface area contributed by atoms with Crippen LogP contribution in [0.1, 0.15) is 30.3 Å². The fourth-order valence-corrected chi connectivity index (χ4v) is 4.48. The van der Waals surface area contributed by atoms with Gasteiger partial charge in [0, 0.05) is 52.1 Å². The molecule has 9 heteroatoms. The minimum atomic E-state index is -0.998. The van der Waals surface area contributed by atoms with Crippen molar-refractivity contribution in [3.8, 4) is 0 Å². The summed E-state index contributed by atoms with van der Waals surface area (Å²) in [5, 5.41) is 9.86. The van der Waals surface area contributed by atoms with Gasteiger partial charge in [0.2, 0.25) is 5.91 Å². The minimum Gasteiger partial charge on any atom is -0.481 e. The first-order valence-corrected chi connectivity index (χ1v) is 9.26. The Hall–Kier alpha value is -2.71. The molecule has 0 saturated carbocycles. The molecule has 0 aliphatic carbocycles. The molecular weight excluding hydrogens is 350 g/mol. The molecular formula is C18H23N5O4. The van der Waals surface area contributed by atoms with Crippen molar-refractivity contribution in [2.75, 3.05) is 44.2 Å². The summed E-state index contributed by atoms with van der Waals surface area (Å²) < 4.78 is 0. The number of aromatic nitrogens is 2. The van der Waals surface area contributed by atoms with Crippen molar-refractivity contribution in [3.63, 3.8) is 0 Å². The molecule has 3 fully saturated rings. The van der Waals surface area contributed by atoms with Crippen LogP contribution in [0.3, 0.4) is 0 Å². The molecule has 0 unspecified atom stereocenters. The van der Waals surface area contributed by atoms with E-state index in [0.29, 0.717) is 24.6 Å². The molecule has 3 aliphatic heterocycles. The number of carboxylic acids is 1. The van der Waals surface area contributed by atoms with Crippen LogP contribution in [0.2, 0.25) is 0 Å². The second-order valence-corrected chi connectivity index (χ2v) is 7.70. The van der Waals surface area contributed by atoms with E-state index in [9.17, 15) is 19.5 Å². The summed E-state index contributed by atoms with van der Waals surface area (Å²) >= 11 is 0. The number of carbonyl (C=O) groups is 3. The van der Waals surface area contributed by atoms with Gasteiger partial charge in [-0.1, -0.05) is 0 Å². The van der Waals surface area contributed by atoms with E-state index in [-0.39, 0.29) is 30.8 Å². The molecule has 0 bridgehead atoms. The Bertz CT molecular complexity index is 794. The first-order chi connectivity index (χ1) is 12.9. The number of carbonyl (C=O) groups excluding carboxylic acids is 2. The number of rotatable bonds is 3. The second-order valence-electron chi connectivity index (χ2n) is 7.70. The molecule has 1 N–H and O–H groups in total. The van der Waals surface area contributed by atoms with Crippen LogP contribution in [0.5, 0.6) is 0 Å². The van der Waals surface area contributed by atoms with Gasteiger partial charge in [-0.15, -0.1) is 0 Å². The standard InChI is InChI=1S/C18H23N5O4/c1-12(24)22-8-13-9-23(11-18(13,10-22)17(26)27)15-7-19-6-14(20-15)16(25)21-4-2-3-5-21/h6-7,13H,2-5,8-11H2,1H3,(H,26,27)/t13-,18-/m0/s1. The lowest BCUT2D eigenvalue weighted by molar-refractivity contribution is -0.148. The summed E-state index contributed by atoms with van der Waals surface area (Å²) in [6.07, 6.45) is 5.03. The Labute approximate surface area is 157 Å². The van der Waals surface area contributed by atoms with Gasteiger partial charge in [-0.2, -0.15) is 0 Å². The van der Waals surface area contributed by atoms with Crippen molar-refractivity contribution in [3.05, 3.63) is 18.1 Å². The molecule has 0 spiro atoms. The molecule has 4 rings (SSSR count). The van der Waals surface area contributed by atoms with E-state index in [4.69, 9.17) is 0 Å². The third-order valence-corrected chi connectivity index (χ3v) is 6.04. The molecule has 3 saturated heterocycles. The number of fused-ring (bicyclic) bond motifs is 1. The smallest absolute Gasteiger partial charge is 0.313 e. The van der Waals surface area contributed by atoms with E-state index in [1.807, 2.05) is 4.90 Å². The van der Waals surface area contributed by atoms with Crippen LogP contribution in [0.4, 0.5) is 5.82 Å². The molecule has 144 valence electrons. The van der Waals surface area contributed by atoms with Crippen LogP contribution in [-0.4, -0.2) is 81.9 Å². The molecule has 1 aromatic heterocycles. The number of likely N-dealkylation sites (tertiary alicyclic amines) is 2. The van der Waals surface area contributed by atoms with E-state index in [1.54, 1.807) is 16.0 Å². The van der Waals surface area contributed by atoms with Crippen LogP contribution < -0.4 is 4.90 Å². The molecule has 0 aromatic carbocycles. The first-order valence-electron chi connectivity index (χ1n) is 9.26. The van der Waals surface area contributed by atoms with Crippen molar-refractivity contribution in [1.82, 2.24) is 19.8 Å². The van der Waals surface area contributed by atoms with Gasteiger partial charge < -0.3 is 19.8 Å². The highest BCUT2D eigenvalue weighted by Crippen LogP contribution is 2.43. The SMILES string of the molecule is CC(=O)N1C[C@H]2CN(c3cncc(C(=O)N4CCCC4)n3)C[C@@]2(C(=O)O)C1. The second kappa shape index (κ2) is 6.47. The molecule has 2 atom stereocenters. The normalized spacial score (nSPS) is 27.1. The van der Waals surface area contributed by atoms with Crippen LogP contribution >= 0.6 is 0 Å². The highest BCUT2D eigenvalue weighted by Gasteiger charge is 2.58. The first kappa shape index (κ1) is 17.7. The van der Waals surface area contributed by atoms with Crippen LogP contribution in [0.15, 0.2) is 12.4 Å². The van der Waals surface area contributed by atoms with Crippen LogP contribution in [0, 0.1) is 11.3 Å². The van der Waals surface area contributed by atoms with E-state index in [2.05, 4.69) is 9.97 Å². The largest absolute Gasteiger partial charge is 0.481 e. The maximum absolute atomic E-state index is 12.6. The highest BCUT2D eigenvalue weighted by molar-refractivity contribution is 5.92. The van der Waals surface area contributed by atoms with Gasteiger partial charge >= 0.3 is 5.97 Å². The quantitative estimate of drug-likeness (QED) is 0.800. The van der Waals surface area contributed by atoms with Gasteiger partial charge in [0.1, 0.15) is 16.9 Å². The predicted molar refractivity (Wildman–Crippen MR) is 95.2 cm³/mol. The van der Waals surface area contributed by atoms with Crippen LogP contribution in [-0.2, 0) is 9.59 Å². The van der Waals surface area contributed by atoms with Crippen molar-refractivity contribution >= 4 is 23.6 Å². The van der Waals surface area contributed by atoms with Crippen molar-refractivity contribution in [1.29, 1.82) is 0 Å². The third-order valence-electron chi connectivity index (χ3n) is 6.04. The minimum absolute atomic E-state index is 0.102. The Balaban J connectivity index is 1.55. The van der Waals surface area contributed by atoms with Gasteiger partial charge in [-0.3, -0.25) is 19.4 Å². The number of anilines is 1. The summed E-state index contributed by atoms with van der Waals surface area (Å²) in [7, 11) is 0. The average molecular weight is 373 g/mol. The van der Waals surface area contributed by atoms with Crippen molar-refractivity contribution in [2.45, 2.75) is 19.8 Å². The molecule has 3 aliphatic rings. The molecule has 2 amide bonds. The summed E-state index contributed by atoms with van der Waals surface area (Å²) in [6, 6.07) is 0. The zero-order valence-corrected chi connectivity index (χ0v) is 15.3. The Morgan fingerprint density at radius 3 is 2.48 bits per heavy atom. The summed E-state index contributed by atoms with van der Waals surface area (Å²) in [6.45, 7) is 4.31. The fraction of sp³-hybridized carbons (Fsp3) is 0.611. The van der Waals surface area contributed by atoms with E-state index >= 15 is 0 Å². The maximum Gasteiger partial charge on any atom is 0.313 e. The highest BCUT2D eigenvalue weighted by atomic mass is 16.4. The number of nitrogens with zero attached hydrogens (tertiary/aromatic N) is 5. The molecule has 1 aromatic rings. The molecule has 27 heavy (non-hydrogen) atoms. The van der Waals surface area contributed by atoms with Crippen molar-refractivity contribution in [2.24, 2.45) is 11.3 Å². The monoisotopic (exact) mass is 373 g/mol. The van der Waals surface area contributed by atoms with Gasteiger partial charge in [0.25, 0.3) is 5.91 Å². The number of carboxylic acid groups (broad SMARTS) is 1. The third kappa shape index (κ3) is 2.90. The predicted octanol–water partition coefficient (Wildman–Crippen LogP) is 0.0819. The van der Waals surface area contributed by atoms with E-state index in [0.717, 1.165) is 25.9 Å². The molecule has 4 heterocycles. The fourth-order valence-electron chi connectivity index (χ4n) is 4.48. The number of hydrogen-bond donors (Lipinski definition) is 1. The van der Waals surface area contributed by atoms with E-state index < -0.39 is 11.4 Å². The lowest BCUT2D eigenvalue weighted by Gasteiger charge is -2.25. The summed E-state index contributed by atoms with van der Waals surface area (Å²) in [5.74, 6) is -0.773. The van der Waals surface area contributed by atoms with Gasteiger partial charge in [0.15, 0.2) is 0 Å².